The zero-order valence-electron chi connectivity index (χ0n) is 16.2. The lowest BCUT2D eigenvalue weighted by molar-refractivity contribution is -0.695. The summed E-state index contributed by atoms with van der Waals surface area (Å²) in [4.78, 5) is 28.1. The fourth-order valence-electron chi connectivity index (χ4n) is 3.72. The summed E-state index contributed by atoms with van der Waals surface area (Å²) in [6, 6.07) is 17.6. The monoisotopic (exact) mass is 406 g/mol. The van der Waals surface area contributed by atoms with Crippen LogP contribution in [0.2, 0.25) is 5.02 Å². The third-order valence-corrected chi connectivity index (χ3v) is 5.31. The minimum absolute atomic E-state index is 0.128. The number of carbonyl (C=O) groups excluding carboxylic acids is 2. The molecule has 2 aromatic carbocycles. The van der Waals surface area contributed by atoms with E-state index in [1.807, 2.05) is 61.0 Å². The minimum Gasteiger partial charge on any atom is -0.324 e. The largest absolute Gasteiger partial charge is 0.324 e. The lowest BCUT2D eigenvalue weighted by Gasteiger charge is -2.33. The van der Waals surface area contributed by atoms with Gasteiger partial charge in [-0.3, -0.25) is 14.5 Å². The normalized spacial score (nSPS) is 15.8. The van der Waals surface area contributed by atoms with Gasteiger partial charge < -0.3 is 5.32 Å². The van der Waals surface area contributed by atoms with Crippen LogP contribution in [0.15, 0.2) is 66.9 Å². The van der Waals surface area contributed by atoms with Crippen LogP contribution < -0.4 is 14.8 Å². The summed E-state index contributed by atoms with van der Waals surface area (Å²) in [6.45, 7) is 4.15. The van der Waals surface area contributed by atoms with E-state index in [0.29, 0.717) is 10.7 Å². The number of amides is 2. The Hall–Kier alpha value is -3.18. The van der Waals surface area contributed by atoms with Crippen molar-refractivity contribution in [3.63, 3.8) is 0 Å². The minimum atomic E-state index is -0.783. The number of pyridine rings is 1. The molecule has 1 N–H and O–H groups in total. The number of nitrogens with zero attached hydrogens (tertiary/aromatic N) is 2. The van der Waals surface area contributed by atoms with E-state index >= 15 is 0 Å². The predicted octanol–water partition coefficient (Wildman–Crippen LogP) is 3.97. The molecule has 0 saturated carbocycles. The number of rotatable bonds is 3. The van der Waals surface area contributed by atoms with Crippen LogP contribution in [0.4, 0.5) is 11.4 Å². The average molecular weight is 407 g/mol. The van der Waals surface area contributed by atoms with Crippen LogP contribution in [-0.2, 0) is 16.1 Å². The van der Waals surface area contributed by atoms with Crippen LogP contribution >= 0.6 is 11.6 Å². The highest BCUT2D eigenvalue weighted by atomic mass is 35.5. The zero-order chi connectivity index (χ0) is 20.5. The molecule has 0 saturated heterocycles. The van der Waals surface area contributed by atoms with Gasteiger partial charge in [0.05, 0.1) is 0 Å². The second kappa shape index (κ2) is 7.68. The first-order valence-electron chi connectivity index (χ1n) is 9.38. The van der Waals surface area contributed by atoms with Crippen molar-refractivity contribution in [1.29, 1.82) is 0 Å². The predicted molar refractivity (Wildman–Crippen MR) is 113 cm³/mol. The Balaban J connectivity index is 1.79. The Kier molecular flexibility index (Phi) is 5.07. The van der Waals surface area contributed by atoms with Crippen LogP contribution in [0.3, 0.4) is 0 Å². The quantitative estimate of drug-likeness (QED) is 0.669. The molecule has 29 heavy (non-hydrogen) atoms. The maximum absolute atomic E-state index is 13.4. The number of anilines is 2. The van der Waals surface area contributed by atoms with Gasteiger partial charge >= 0.3 is 0 Å². The van der Waals surface area contributed by atoms with E-state index in [1.54, 1.807) is 29.2 Å². The molecule has 0 fully saturated rings. The number of carbonyl (C=O) groups is 2. The van der Waals surface area contributed by atoms with Crippen LogP contribution in [0.5, 0.6) is 0 Å². The number of fused-ring (bicyclic) bond motifs is 1. The van der Waals surface area contributed by atoms with Gasteiger partial charge in [-0.25, -0.2) is 0 Å². The Bertz CT molecular complexity index is 1100. The lowest BCUT2D eigenvalue weighted by Crippen LogP contribution is -2.58. The third kappa shape index (κ3) is 3.74. The van der Waals surface area contributed by atoms with Gasteiger partial charge in [0.15, 0.2) is 6.20 Å². The molecule has 3 aromatic rings. The molecule has 4 rings (SSSR count). The van der Waals surface area contributed by atoms with Crippen LogP contribution in [0, 0.1) is 13.8 Å². The molecule has 1 aliphatic rings. The molecule has 6 heteroatoms. The number of hydrogen-bond donors (Lipinski definition) is 1. The summed E-state index contributed by atoms with van der Waals surface area (Å²) < 4.78 is 1.83. The van der Waals surface area contributed by atoms with Crippen molar-refractivity contribution >= 4 is 34.8 Å². The molecule has 146 valence electrons. The highest BCUT2D eigenvalue weighted by molar-refractivity contribution is 6.30. The maximum atomic E-state index is 13.4. The van der Waals surface area contributed by atoms with Crippen molar-refractivity contribution in [3.05, 3.63) is 88.7 Å². The molecule has 0 spiro atoms. The third-order valence-electron chi connectivity index (χ3n) is 5.06. The summed E-state index contributed by atoms with van der Waals surface area (Å²) in [6.07, 6.45) is 1.83. The highest BCUT2D eigenvalue weighted by Gasteiger charge is 2.44. The zero-order valence-corrected chi connectivity index (χ0v) is 17.0. The Morgan fingerprint density at radius 2 is 1.86 bits per heavy atom. The van der Waals surface area contributed by atoms with E-state index in [1.165, 1.54) is 0 Å². The van der Waals surface area contributed by atoms with E-state index in [-0.39, 0.29) is 18.4 Å². The summed E-state index contributed by atoms with van der Waals surface area (Å²) >= 11 is 5.95. The summed E-state index contributed by atoms with van der Waals surface area (Å²) in [5.74, 6) is -0.405. The first-order valence-corrected chi connectivity index (χ1v) is 9.76. The van der Waals surface area contributed by atoms with Crippen molar-refractivity contribution < 1.29 is 14.2 Å². The molecular weight excluding hydrogens is 386 g/mol. The molecule has 0 bridgehead atoms. The van der Waals surface area contributed by atoms with Gasteiger partial charge in [0.2, 0.25) is 18.3 Å². The first kappa shape index (κ1) is 19.2. The summed E-state index contributed by atoms with van der Waals surface area (Å²) in [7, 11) is 0. The van der Waals surface area contributed by atoms with Crippen molar-refractivity contribution in [1.82, 2.24) is 0 Å². The van der Waals surface area contributed by atoms with Crippen molar-refractivity contribution in [3.8, 4) is 0 Å². The Morgan fingerprint density at radius 3 is 2.59 bits per heavy atom. The van der Waals surface area contributed by atoms with E-state index in [0.717, 1.165) is 22.5 Å². The van der Waals surface area contributed by atoms with Gasteiger partial charge in [0.1, 0.15) is 0 Å². The standard InChI is InChI=1S/C23H20ClN3O2/c1-15-6-11-19(16(2)13-15)27-21(28)14-26-12-4-3-5-20(26)22(27)23(29)25-18-9-7-17(24)8-10-18/h3-13,22H,14H2,1-2H3/p+1/t22-/m1/s1. The van der Waals surface area contributed by atoms with Gasteiger partial charge in [-0.05, 0) is 49.7 Å². The lowest BCUT2D eigenvalue weighted by atomic mass is 10.0. The average Bonchev–Trinajstić information content (AvgIpc) is 2.69. The number of hydrogen-bond acceptors (Lipinski definition) is 2. The molecule has 0 aliphatic carbocycles. The molecule has 1 aliphatic heterocycles. The Labute approximate surface area is 174 Å². The molecule has 2 amide bonds. The molecule has 0 unspecified atom stereocenters. The number of aryl methyl sites for hydroxylation is 2. The fraction of sp³-hybridized carbons (Fsp3) is 0.174. The molecular formula is C23H21ClN3O2+. The number of aromatic nitrogens is 1. The summed E-state index contributed by atoms with van der Waals surface area (Å²) in [5.41, 5.74) is 4.19. The number of benzene rings is 2. The van der Waals surface area contributed by atoms with Crippen LogP contribution in [0.25, 0.3) is 0 Å². The molecule has 5 nitrogen and oxygen atoms in total. The second-order valence-corrected chi connectivity index (χ2v) is 7.64. The molecule has 2 heterocycles. The van der Waals surface area contributed by atoms with Crippen LogP contribution in [0.1, 0.15) is 22.9 Å². The Morgan fingerprint density at radius 1 is 1.10 bits per heavy atom. The van der Waals surface area contributed by atoms with E-state index < -0.39 is 6.04 Å². The van der Waals surface area contributed by atoms with Crippen LogP contribution in [-0.4, -0.2) is 11.8 Å². The topological polar surface area (TPSA) is 53.3 Å². The molecule has 1 atom stereocenters. The number of nitrogens with one attached hydrogen (secondary N) is 1. The molecule has 1 aromatic heterocycles. The highest BCUT2D eigenvalue weighted by Crippen LogP contribution is 2.32. The van der Waals surface area contributed by atoms with E-state index in [2.05, 4.69) is 5.32 Å². The van der Waals surface area contributed by atoms with Gasteiger partial charge in [-0.1, -0.05) is 35.4 Å². The van der Waals surface area contributed by atoms with E-state index in [9.17, 15) is 9.59 Å². The van der Waals surface area contributed by atoms with Crippen molar-refractivity contribution in [2.24, 2.45) is 0 Å². The van der Waals surface area contributed by atoms with Crippen molar-refractivity contribution in [2.75, 3.05) is 10.2 Å². The second-order valence-electron chi connectivity index (χ2n) is 7.21. The van der Waals surface area contributed by atoms with Gasteiger partial charge in [0.25, 0.3) is 11.8 Å². The molecule has 0 radical (unpaired) electrons. The van der Waals surface area contributed by atoms with Gasteiger partial charge in [-0.15, -0.1) is 0 Å². The van der Waals surface area contributed by atoms with E-state index in [4.69, 9.17) is 11.6 Å². The fourth-order valence-corrected chi connectivity index (χ4v) is 3.85. The maximum Gasteiger partial charge on any atom is 0.294 e. The van der Waals surface area contributed by atoms with Crippen molar-refractivity contribution in [2.45, 2.75) is 26.4 Å². The van der Waals surface area contributed by atoms with Gasteiger partial charge in [-0.2, -0.15) is 4.57 Å². The SMILES string of the molecule is Cc1ccc(N2C(=O)C[n+]3ccccc3[C@@H]2C(=O)Nc2ccc(Cl)cc2)c(C)c1. The number of halogens is 1. The van der Waals surface area contributed by atoms with Gasteiger partial charge in [0, 0.05) is 28.5 Å². The smallest absolute Gasteiger partial charge is 0.294 e. The summed E-state index contributed by atoms with van der Waals surface area (Å²) in [5, 5.41) is 3.52. The first-order chi connectivity index (χ1) is 13.9.